The van der Waals surface area contributed by atoms with Crippen molar-refractivity contribution in [1.82, 2.24) is 25.0 Å². The van der Waals surface area contributed by atoms with Crippen molar-refractivity contribution < 1.29 is 9.32 Å². The molecular weight excluding hydrogens is 328 g/mol. The summed E-state index contributed by atoms with van der Waals surface area (Å²) in [6, 6.07) is 3.70. The van der Waals surface area contributed by atoms with E-state index in [4.69, 9.17) is 4.52 Å². The average molecular weight is 344 g/mol. The third kappa shape index (κ3) is 4.21. The van der Waals surface area contributed by atoms with Gasteiger partial charge in [0.15, 0.2) is 5.13 Å². The quantitative estimate of drug-likeness (QED) is 0.732. The molecule has 0 radical (unpaired) electrons. The number of carbonyl (C=O) groups excluding carboxylic acids is 1. The van der Waals surface area contributed by atoms with Gasteiger partial charge in [0.2, 0.25) is 17.6 Å². The Morgan fingerprint density at radius 2 is 2.25 bits per heavy atom. The summed E-state index contributed by atoms with van der Waals surface area (Å²) < 4.78 is 5.28. The fourth-order valence-corrected chi connectivity index (χ4v) is 2.83. The van der Waals surface area contributed by atoms with Gasteiger partial charge in [0.05, 0.1) is 12.2 Å². The van der Waals surface area contributed by atoms with Crippen LogP contribution < -0.4 is 5.32 Å². The van der Waals surface area contributed by atoms with Gasteiger partial charge in [0.25, 0.3) is 0 Å². The molecule has 1 amide bonds. The molecule has 3 heterocycles. The predicted octanol–water partition coefficient (Wildman–Crippen LogP) is 2.18. The zero-order valence-corrected chi connectivity index (χ0v) is 14.1. The molecule has 0 aliphatic carbocycles. The van der Waals surface area contributed by atoms with E-state index in [9.17, 15) is 4.79 Å². The van der Waals surface area contributed by atoms with E-state index in [-0.39, 0.29) is 5.91 Å². The maximum atomic E-state index is 11.0. The SMILES string of the molecule is CC(=O)Nc1nc(CN(C)Cc2nc(-c3cccnc3)no2)cs1. The van der Waals surface area contributed by atoms with Crippen LogP contribution in [-0.2, 0) is 17.9 Å². The molecule has 0 aliphatic rings. The minimum Gasteiger partial charge on any atom is -0.338 e. The zero-order valence-electron chi connectivity index (χ0n) is 13.3. The van der Waals surface area contributed by atoms with E-state index in [1.807, 2.05) is 29.5 Å². The van der Waals surface area contributed by atoms with Crippen molar-refractivity contribution in [2.24, 2.45) is 0 Å². The van der Waals surface area contributed by atoms with Crippen molar-refractivity contribution in [2.75, 3.05) is 12.4 Å². The zero-order chi connectivity index (χ0) is 16.9. The Hall–Kier alpha value is -2.65. The lowest BCUT2D eigenvalue weighted by molar-refractivity contribution is -0.114. The van der Waals surface area contributed by atoms with E-state index >= 15 is 0 Å². The number of aromatic nitrogens is 4. The fraction of sp³-hybridized carbons (Fsp3) is 0.267. The standard InChI is InChI=1S/C15H16N6O2S/c1-10(22)17-15-18-12(9-24-15)7-21(2)8-13-19-14(20-23-13)11-4-3-5-16-6-11/h3-6,9H,7-8H2,1-2H3,(H,17,18,22). The number of carbonyl (C=O) groups is 1. The molecule has 3 rings (SSSR count). The summed E-state index contributed by atoms with van der Waals surface area (Å²) >= 11 is 1.40. The van der Waals surface area contributed by atoms with Crippen LogP contribution in [0.4, 0.5) is 5.13 Å². The molecule has 0 aromatic carbocycles. The van der Waals surface area contributed by atoms with Gasteiger partial charge >= 0.3 is 0 Å². The van der Waals surface area contributed by atoms with Crippen LogP contribution in [0.3, 0.4) is 0 Å². The molecule has 0 bridgehead atoms. The van der Waals surface area contributed by atoms with Crippen molar-refractivity contribution in [3.63, 3.8) is 0 Å². The van der Waals surface area contributed by atoms with Gasteiger partial charge < -0.3 is 9.84 Å². The smallest absolute Gasteiger partial charge is 0.241 e. The molecule has 8 nitrogen and oxygen atoms in total. The Morgan fingerprint density at radius 1 is 1.38 bits per heavy atom. The van der Waals surface area contributed by atoms with Crippen LogP contribution in [-0.4, -0.2) is 38.0 Å². The second-order valence-corrected chi connectivity index (χ2v) is 6.11. The molecule has 124 valence electrons. The average Bonchev–Trinajstić information content (AvgIpc) is 3.17. The number of anilines is 1. The van der Waals surface area contributed by atoms with Crippen LogP contribution in [0.25, 0.3) is 11.4 Å². The fourth-order valence-electron chi connectivity index (χ4n) is 2.08. The summed E-state index contributed by atoms with van der Waals surface area (Å²) in [6.07, 6.45) is 3.39. The highest BCUT2D eigenvalue weighted by Crippen LogP contribution is 2.18. The third-order valence-corrected chi connectivity index (χ3v) is 3.87. The van der Waals surface area contributed by atoms with Crippen LogP contribution in [0.2, 0.25) is 0 Å². The van der Waals surface area contributed by atoms with Gasteiger partial charge in [-0.25, -0.2) is 4.98 Å². The number of thiazole rings is 1. The van der Waals surface area contributed by atoms with Crippen LogP contribution in [0.5, 0.6) is 0 Å². The van der Waals surface area contributed by atoms with E-state index in [2.05, 4.69) is 25.4 Å². The molecule has 3 aromatic rings. The Labute approximate surface area is 142 Å². The third-order valence-electron chi connectivity index (χ3n) is 3.06. The summed E-state index contributed by atoms with van der Waals surface area (Å²) in [5, 5.41) is 9.16. The second kappa shape index (κ2) is 7.28. The van der Waals surface area contributed by atoms with Crippen molar-refractivity contribution in [3.05, 3.63) is 41.5 Å². The Bertz CT molecular complexity index is 816. The van der Waals surface area contributed by atoms with Crippen LogP contribution >= 0.6 is 11.3 Å². The van der Waals surface area contributed by atoms with Crippen LogP contribution in [0.15, 0.2) is 34.4 Å². The number of pyridine rings is 1. The highest BCUT2D eigenvalue weighted by Gasteiger charge is 2.12. The van der Waals surface area contributed by atoms with Gasteiger partial charge in [0, 0.05) is 36.8 Å². The monoisotopic (exact) mass is 344 g/mol. The lowest BCUT2D eigenvalue weighted by Gasteiger charge is -2.11. The molecule has 24 heavy (non-hydrogen) atoms. The Balaban J connectivity index is 1.59. The Kier molecular flexibility index (Phi) is 4.92. The molecule has 0 saturated heterocycles. The van der Waals surface area contributed by atoms with E-state index in [1.54, 1.807) is 12.4 Å². The van der Waals surface area contributed by atoms with Crippen molar-refractivity contribution in [2.45, 2.75) is 20.0 Å². The summed E-state index contributed by atoms with van der Waals surface area (Å²) in [5.74, 6) is 0.916. The van der Waals surface area contributed by atoms with E-state index in [0.717, 1.165) is 11.3 Å². The van der Waals surface area contributed by atoms with Gasteiger partial charge in [0.1, 0.15) is 0 Å². The first-order valence-corrected chi connectivity index (χ1v) is 8.11. The van der Waals surface area contributed by atoms with Gasteiger partial charge in [-0.15, -0.1) is 11.3 Å². The number of hydrogen-bond acceptors (Lipinski definition) is 8. The van der Waals surface area contributed by atoms with Crippen molar-refractivity contribution in [3.8, 4) is 11.4 Å². The topological polar surface area (TPSA) is 97.0 Å². The number of nitrogens with zero attached hydrogens (tertiary/aromatic N) is 5. The molecule has 0 atom stereocenters. The number of amides is 1. The minimum atomic E-state index is -0.127. The lowest BCUT2D eigenvalue weighted by Crippen LogP contribution is -2.17. The Morgan fingerprint density at radius 3 is 3.00 bits per heavy atom. The predicted molar refractivity (Wildman–Crippen MR) is 89.1 cm³/mol. The maximum absolute atomic E-state index is 11.0. The highest BCUT2D eigenvalue weighted by molar-refractivity contribution is 7.13. The molecule has 0 fully saturated rings. The van der Waals surface area contributed by atoms with E-state index in [0.29, 0.717) is 29.9 Å². The maximum Gasteiger partial charge on any atom is 0.241 e. The lowest BCUT2D eigenvalue weighted by atomic mass is 10.3. The van der Waals surface area contributed by atoms with Crippen LogP contribution in [0, 0.1) is 0 Å². The minimum absolute atomic E-state index is 0.127. The van der Waals surface area contributed by atoms with E-state index in [1.165, 1.54) is 18.3 Å². The molecule has 0 aliphatic heterocycles. The van der Waals surface area contributed by atoms with Crippen molar-refractivity contribution in [1.29, 1.82) is 0 Å². The van der Waals surface area contributed by atoms with Crippen LogP contribution in [0.1, 0.15) is 18.5 Å². The number of nitrogens with one attached hydrogen (secondary N) is 1. The molecule has 1 N–H and O–H groups in total. The molecule has 9 heteroatoms. The highest BCUT2D eigenvalue weighted by atomic mass is 32.1. The van der Waals surface area contributed by atoms with Gasteiger partial charge in [-0.1, -0.05) is 5.16 Å². The van der Waals surface area contributed by atoms with Crippen molar-refractivity contribution >= 4 is 22.4 Å². The summed E-state index contributed by atoms with van der Waals surface area (Å²) in [7, 11) is 1.94. The van der Waals surface area contributed by atoms with Gasteiger partial charge in [-0.3, -0.25) is 14.7 Å². The number of hydrogen-bond donors (Lipinski definition) is 1. The first-order valence-electron chi connectivity index (χ1n) is 7.23. The molecule has 0 unspecified atom stereocenters. The van der Waals surface area contributed by atoms with Gasteiger partial charge in [-0.05, 0) is 19.2 Å². The normalized spacial score (nSPS) is 11.0. The summed E-state index contributed by atoms with van der Waals surface area (Å²) in [6.45, 7) is 2.57. The molecule has 0 saturated carbocycles. The first-order chi connectivity index (χ1) is 11.6. The number of rotatable bonds is 6. The largest absolute Gasteiger partial charge is 0.338 e. The summed E-state index contributed by atoms with van der Waals surface area (Å²) in [4.78, 5) is 25.8. The molecule has 0 spiro atoms. The first kappa shape index (κ1) is 16.2. The second-order valence-electron chi connectivity index (χ2n) is 5.25. The summed E-state index contributed by atoms with van der Waals surface area (Å²) in [5.41, 5.74) is 1.69. The molecular formula is C15H16N6O2S. The van der Waals surface area contributed by atoms with E-state index < -0.39 is 0 Å². The molecule has 3 aromatic heterocycles. The van der Waals surface area contributed by atoms with Gasteiger partial charge in [-0.2, -0.15) is 4.98 Å².